The number of aromatic nitrogens is 1. The summed E-state index contributed by atoms with van der Waals surface area (Å²) in [6.07, 6.45) is 1.64. The van der Waals surface area contributed by atoms with Gasteiger partial charge in [-0.2, -0.15) is 0 Å². The molecule has 0 atom stereocenters. The van der Waals surface area contributed by atoms with Crippen molar-refractivity contribution < 1.29 is 4.79 Å². The van der Waals surface area contributed by atoms with Gasteiger partial charge in [0.05, 0.1) is 5.69 Å². The Morgan fingerprint density at radius 2 is 1.80 bits per heavy atom. The van der Waals surface area contributed by atoms with Gasteiger partial charge in [-0.05, 0) is 59.3 Å². The molecule has 0 bridgehead atoms. The topological polar surface area (TPSA) is 45.2 Å². The predicted octanol–water partition coefficient (Wildman–Crippen LogP) is 5.25. The predicted molar refractivity (Wildman–Crippen MR) is 105 cm³/mol. The normalized spacial score (nSPS) is 10.3. The van der Waals surface area contributed by atoms with Gasteiger partial charge in [-0.15, -0.1) is 0 Å². The standard InChI is InChI=1S/C20H18BrN3O/c1-2-24(16-8-4-3-5-9-16)20(25)15-12-13-22-19(14-15)23-18-11-7-6-10-17(18)21/h3-14H,2H2,1H3,(H,22,23). The molecule has 0 saturated heterocycles. The third kappa shape index (κ3) is 4.06. The molecule has 3 aromatic rings. The molecule has 0 aliphatic heterocycles. The molecule has 0 unspecified atom stereocenters. The smallest absolute Gasteiger partial charge is 0.258 e. The number of carbonyl (C=O) groups excluding carboxylic acids is 1. The number of nitrogens with zero attached hydrogens (tertiary/aromatic N) is 2. The summed E-state index contributed by atoms with van der Waals surface area (Å²) in [6.45, 7) is 2.56. The number of hydrogen-bond acceptors (Lipinski definition) is 3. The van der Waals surface area contributed by atoms with Gasteiger partial charge in [-0.25, -0.2) is 4.98 Å². The first-order valence-electron chi connectivity index (χ1n) is 8.03. The summed E-state index contributed by atoms with van der Waals surface area (Å²) >= 11 is 3.50. The third-order valence-corrected chi connectivity index (χ3v) is 4.46. The molecule has 1 aromatic heterocycles. The zero-order valence-electron chi connectivity index (χ0n) is 13.8. The first-order valence-corrected chi connectivity index (χ1v) is 8.83. The minimum absolute atomic E-state index is 0.0497. The second kappa shape index (κ2) is 7.94. The van der Waals surface area contributed by atoms with Crippen LogP contribution in [0.5, 0.6) is 0 Å². The van der Waals surface area contributed by atoms with Gasteiger partial charge < -0.3 is 10.2 Å². The second-order valence-electron chi connectivity index (χ2n) is 5.42. The van der Waals surface area contributed by atoms with Crippen LogP contribution in [0, 0.1) is 0 Å². The lowest BCUT2D eigenvalue weighted by Crippen LogP contribution is -2.30. The van der Waals surface area contributed by atoms with E-state index in [4.69, 9.17) is 0 Å². The molecule has 3 rings (SSSR count). The van der Waals surface area contributed by atoms with E-state index in [2.05, 4.69) is 26.2 Å². The molecule has 1 N–H and O–H groups in total. The summed E-state index contributed by atoms with van der Waals surface area (Å²) in [5.41, 5.74) is 2.37. The van der Waals surface area contributed by atoms with Crippen molar-refractivity contribution in [3.63, 3.8) is 0 Å². The van der Waals surface area contributed by atoms with E-state index in [9.17, 15) is 4.79 Å². The number of carbonyl (C=O) groups is 1. The molecule has 0 radical (unpaired) electrons. The minimum Gasteiger partial charge on any atom is -0.339 e. The number of hydrogen-bond donors (Lipinski definition) is 1. The van der Waals surface area contributed by atoms with Crippen molar-refractivity contribution >= 4 is 39.0 Å². The zero-order chi connectivity index (χ0) is 17.6. The van der Waals surface area contributed by atoms with Crippen LogP contribution in [-0.4, -0.2) is 17.4 Å². The van der Waals surface area contributed by atoms with Gasteiger partial charge in [0, 0.05) is 28.5 Å². The van der Waals surface area contributed by atoms with Crippen molar-refractivity contribution in [3.05, 3.63) is 83.0 Å². The van der Waals surface area contributed by atoms with Crippen molar-refractivity contribution in [2.75, 3.05) is 16.8 Å². The van der Waals surface area contributed by atoms with Crippen LogP contribution >= 0.6 is 15.9 Å². The molecule has 0 spiro atoms. The van der Waals surface area contributed by atoms with Crippen molar-refractivity contribution in [2.45, 2.75) is 6.92 Å². The second-order valence-corrected chi connectivity index (χ2v) is 6.27. The minimum atomic E-state index is -0.0497. The third-order valence-electron chi connectivity index (χ3n) is 3.77. The lowest BCUT2D eigenvalue weighted by Gasteiger charge is -2.21. The fourth-order valence-corrected chi connectivity index (χ4v) is 2.92. The Labute approximate surface area is 155 Å². The van der Waals surface area contributed by atoms with E-state index < -0.39 is 0 Å². The molecule has 25 heavy (non-hydrogen) atoms. The molecule has 5 heteroatoms. The van der Waals surface area contributed by atoms with E-state index in [1.807, 2.05) is 61.5 Å². The lowest BCUT2D eigenvalue weighted by atomic mass is 10.2. The maximum Gasteiger partial charge on any atom is 0.258 e. The van der Waals surface area contributed by atoms with Crippen LogP contribution in [0.1, 0.15) is 17.3 Å². The fourth-order valence-electron chi connectivity index (χ4n) is 2.54. The number of benzene rings is 2. The monoisotopic (exact) mass is 395 g/mol. The van der Waals surface area contributed by atoms with Crippen LogP contribution in [-0.2, 0) is 0 Å². The first kappa shape index (κ1) is 17.2. The highest BCUT2D eigenvalue weighted by atomic mass is 79.9. The maximum absolute atomic E-state index is 12.9. The molecule has 1 amide bonds. The quantitative estimate of drug-likeness (QED) is 0.640. The van der Waals surface area contributed by atoms with Gasteiger partial charge in [-0.1, -0.05) is 30.3 Å². The summed E-state index contributed by atoms with van der Waals surface area (Å²) in [6, 6.07) is 21.0. The average molecular weight is 396 g/mol. The van der Waals surface area contributed by atoms with Gasteiger partial charge >= 0.3 is 0 Å². The van der Waals surface area contributed by atoms with E-state index in [-0.39, 0.29) is 5.91 Å². The highest BCUT2D eigenvalue weighted by molar-refractivity contribution is 9.10. The molecule has 2 aromatic carbocycles. The molecule has 4 nitrogen and oxygen atoms in total. The van der Waals surface area contributed by atoms with Gasteiger partial charge in [0.2, 0.25) is 0 Å². The van der Waals surface area contributed by atoms with Crippen molar-refractivity contribution in [3.8, 4) is 0 Å². The number of anilines is 3. The summed E-state index contributed by atoms with van der Waals surface area (Å²) in [5, 5.41) is 3.24. The largest absolute Gasteiger partial charge is 0.339 e. The molecule has 0 aliphatic rings. The van der Waals surface area contributed by atoms with Gasteiger partial charge in [0.15, 0.2) is 0 Å². The van der Waals surface area contributed by atoms with Crippen LogP contribution in [0.3, 0.4) is 0 Å². The van der Waals surface area contributed by atoms with Crippen LogP contribution in [0.25, 0.3) is 0 Å². The SMILES string of the molecule is CCN(C(=O)c1ccnc(Nc2ccccc2Br)c1)c1ccccc1. The highest BCUT2D eigenvalue weighted by Gasteiger charge is 2.16. The van der Waals surface area contributed by atoms with E-state index >= 15 is 0 Å². The zero-order valence-corrected chi connectivity index (χ0v) is 15.4. The van der Waals surface area contributed by atoms with Crippen molar-refractivity contribution in [2.24, 2.45) is 0 Å². The molecule has 1 heterocycles. The Kier molecular flexibility index (Phi) is 5.46. The molecular formula is C20H18BrN3O. The number of nitrogens with one attached hydrogen (secondary N) is 1. The van der Waals surface area contributed by atoms with Crippen molar-refractivity contribution in [1.82, 2.24) is 4.98 Å². The fraction of sp³-hybridized carbons (Fsp3) is 0.100. The van der Waals surface area contributed by atoms with E-state index in [0.717, 1.165) is 15.8 Å². The molecule has 0 fully saturated rings. The Morgan fingerprint density at radius 1 is 1.08 bits per heavy atom. The molecular weight excluding hydrogens is 378 g/mol. The van der Waals surface area contributed by atoms with Crippen LogP contribution < -0.4 is 10.2 Å². The van der Waals surface area contributed by atoms with Gasteiger partial charge in [-0.3, -0.25) is 4.79 Å². The Morgan fingerprint density at radius 3 is 2.52 bits per heavy atom. The van der Waals surface area contributed by atoms with Gasteiger partial charge in [0.1, 0.15) is 5.82 Å². The highest BCUT2D eigenvalue weighted by Crippen LogP contribution is 2.25. The maximum atomic E-state index is 12.9. The Balaban J connectivity index is 1.85. The number of halogens is 1. The number of para-hydroxylation sites is 2. The van der Waals surface area contributed by atoms with E-state index in [1.54, 1.807) is 23.2 Å². The summed E-state index contributed by atoms with van der Waals surface area (Å²) < 4.78 is 0.938. The Bertz CT molecular complexity index is 868. The Hall–Kier alpha value is -2.66. The summed E-state index contributed by atoms with van der Waals surface area (Å²) in [4.78, 5) is 19.0. The molecule has 0 aliphatic carbocycles. The molecule has 126 valence electrons. The first-order chi connectivity index (χ1) is 12.2. The van der Waals surface area contributed by atoms with Crippen LogP contribution in [0.2, 0.25) is 0 Å². The number of rotatable bonds is 5. The number of pyridine rings is 1. The summed E-state index contributed by atoms with van der Waals surface area (Å²) in [7, 11) is 0. The van der Waals surface area contributed by atoms with Crippen molar-refractivity contribution in [1.29, 1.82) is 0 Å². The molecule has 0 saturated carbocycles. The average Bonchev–Trinajstić information content (AvgIpc) is 2.65. The van der Waals surface area contributed by atoms with Crippen LogP contribution in [0.4, 0.5) is 17.2 Å². The number of amides is 1. The van der Waals surface area contributed by atoms with Crippen LogP contribution in [0.15, 0.2) is 77.4 Å². The summed E-state index contributed by atoms with van der Waals surface area (Å²) in [5.74, 6) is 0.577. The van der Waals surface area contributed by atoms with Gasteiger partial charge in [0.25, 0.3) is 5.91 Å². The van der Waals surface area contributed by atoms with E-state index in [0.29, 0.717) is 17.9 Å². The lowest BCUT2D eigenvalue weighted by molar-refractivity contribution is 0.0988. The van der Waals surface area contributed by atoms with E-state index in [1.165, 1.54) is 0 Å².